The van der Waals surface area contributed by atoms with Gasteiger partial charge < -0.3 is 15.2 Å². The summed E-state index contributed by atoms with van der Waals surface area (Å²) in [7, 11) is 2.96. The van der Waals surface area contributed by atoms with Gasteiger partial charge in [0.25, 0.3) is 5.91 Å². The Balaban J connectivity index is 2.49. The molecule has 1 aromatic heterocycles. The van der Waals surface area contributed by atoms with Crippen LogP contribution in [0, 0.1) is 0 Å². The molecule has 2 N–H and O–H groups in total. The number of nitrogens with zero attached hydrogens (tertiary/aromatic N) is 2. The highest BCUT2D eigenvalue weighted by atomic mass is 16.5. The van der Waals surface area contributed by atoms with E-state index in [4.69, 9.17) is 5.11 Å². The summed E-state index contributed by atoms with van der Waals surface area (Å²) in [6, 6.07) is 1.54. The van der Waals surface area contributed by atoms with Gasteiger partial charge in [-0.15, -0.1) is 0 Å². The van der Waals surface area contributed by atoms with Crippen molar-refractivity contribution < 1.29 is 19.4 Å². The van der Waals surface area contributed by atoms with E-state index in [-0.39, 0.29) is 12.2 Å². The van der Waals surface area contributed by atoms with Crippen molar-refractivity contribution in [1.82, 2.24) is 15.1 Å². The van der Waals surface area contributed by atoms with Crippen LogP contribution in [0.2, 0.25) is 0 Å². The van der Waals surface area contributed by atoms with Crippen LogP contribution in [-0.2, 0) is 16.6 Å². The molecule has 1 heterocycles. The second-order valence-corrected chi connectivity index (χ2v) is 3.15. The third-order valence-electron chi connectivity index (χ3n) is 1.95. The number of amides is 1. The first-order valence-electron chi connectivity index (χ1n) is 4.58. The summed E-state index contributed by atoms with van der Waals surface area (Å²) in [5, 5.41) is 15.0. The van der Waals surface area contributed by atoms with Crippen LogP contribution in [-0.4, -0.2) is 46.5 Å². The smallest absolute Gasteiger partial charge is 0.334 e. The Morgan fingerprint density at radius 2 is 2.38 bits per heavy atom. The molecular weight excluding hydrogens is 214 g/mol. The van der Waals surface area contributed by atoms with Crippen molar-refractivity contribution in [3.63, 3.8) is 0 Å². The monoisotopic (exact) mass is 227 g/mol. The number of carbonyl (C=O) groups is 2. The van der Waals surface area contributed by atoms with Crippen LogP contribution < -0.4 is 5.32 Å². The Bertz CT molecular complexity index is 388. The average Bonchev–Trinajstić information content (AvgIpc) is 2.65. The zero-order chi connectivity index (χ0) is 12.1. The lowest BCUT2D eigenvalue weighted by Crippen LogP contribution is -2.38. The summed E-state index contributed by atoms with van der Waals surface area (Å²) in [6.45, 7) is -0.0960. The van der Waals surface area contributed by atoms with Crippen molar-refractivity contribution in [3.05, 3.63) is 18.0 Å². The third kappa shape index (κ3) is 3.06. The molecule has 1 unspecified atom stereocenters. The van der Waals surface area contributed by atoms with Crippen molar-refractivity contribution in [3.8, 4) is 0 Å². The lowest BCUT2D eigenvalue weighted by molar-refractivity contribution is -0.148. The fourth-order valence-corrected chi connectivity index (χ4v) is 1.08. The Kier molecular flexibility index (Phi) is 4.01. The van der Waals surface area contributed by atoms with Crippen LogP contribution in [0.5, 0.6) is 0 Å². The SMILES string of the molecule is COC(CNC(=O)c1ccn(C)n1)C(=O)O. The predicted octanol–water partition coefficient (Wildman–Crippen LogP) is -0.750. The van der Waals surface area contributed by atoms with E-state index in [1.54, 1.807) is 13.2 Å². The minimum absolute atomic E-state index is 0.0960. The normalized spacial score (nSPS) is 12.1. The van der Waals surface area contributed by atoms with Gasteiger partial charge in [-0.2, -0.15) is 5.10 Å². The first-order chi connectivity index (χ1) is 7.54. The molecule has 0 saturated carbocycles. The molecule has 0 radical (unpaired) electrons. The van der Waals surface area contributed by atoms with Gasteiger partial charge in [0.1, 0.15) is 5.69 Å². The van der Waals surface area contributed by atoms with Gasteiger partial charge in [-0.05, 0) is 6.07 Å². The second-order valence-electron chi connectivity index (χ2n) is 3.15. The maximum Gasteiger partial charge on any atom is 0.334 e. The Morgan fingerprint density at radius 1 is 1.69 bits per heavy atom. The van der Waals surface area contributed by atoms with Crippen molar-refractivity contribution in [2.24, 2.45) is 7.05 Å². The van der Waals surface area contributed by atoms with E-state index in [1.165, 1.54) is 17.9 Å². The van der Waals surface area contributed by atoms with Crippen molar-refractivity contribution in [2.75, 3.05) is 13.7 Å². The Hall–Kier alpha value is -1.89. The summed E-state index contributed by atoms with van der Waals surface area (Å²) in [6.07, 6.45) is 0.576. The fourth-order valence-electron chi connectivity index (χ4n) is 1.08. The molecule has 7 heteroatoms. The van der Waals surface area contributed by atoms with E-state index in [0.717, 1.165) is 0 Å². The number of carbonyl (C=O) groups excluding carboxylic acids is 1. The van der Waals surface area contributed by atoms with Gasteiger partial charge >= 0.3 is 5.97 Å². The van der Waals surface area contributed by atoms with Gasteiger partial charge in [0.2, 0.25) is 0 Å². The van der Waals surface area contributed by atoms with Crippen LogP contribution in [0.1, 0.15) is 10.5 Å². The van der Waals surface area contributed by atoms with Crippen LogP contribution in [0.15, 0.2) is 12.3 Å². The molecule has 0 aromatic carbocycles. The van der Waals surface area contributed by atoms with E-state index in [1.807, 2.05) is 0 Å². The highest BCUT2D eigenvalue weighted by Gasteiger charge is 2.18. The number of rotatable bonds is 5. The molecule has 0 aliphatic carbocycles. The number of ether oxygens (including phenoxy) is 1. The zero-order valence-electron chi connectivity index (χ0n) is 9.01. The lowest BCUT2D eigenvalue weighted by atomic mass is 10.3. The number of carboxylic acid groups (broad SMARTS) is 1. The number of aromatic nitrogens is 2. The van der Waals surface area contributed by atoms with E-state index in [9.17, 15) is 9.59 Å². The molecule has 0 fully saturated rings. The van der Waals surface area contributed by atoms with Crippen LogP contribution in [0.4, 0.5) is 0 Å². The molecular formula is C9H13N3O4. The zero-order valence-corrected chi connectivity index (χ0v) is 9.01. The fraction of sp³-hybridized carbons (Fsp3) is 0.444. The molecule has 0 saturated heterocycles. The number of aliphatic carboxylic acids is 1. The number of methoxy groups -OCH3 is 1. The first kappa shape index (κ1) is 12.2. The molecule has 88 valence electrons. The highest BCUT2D eigenvalue weighted by molar-refractivity contribution is 5.92. The minimum Gasteiger partial charge on any atom is -0.479 e. The standard InChI is InChI=1S/C9H13N3O4/c1-12-4-3-6(11-12)8(13)10-5-7(16-2)9(14)15/h3-4,7H,5H2,1-2H3,(H,10,13)(H,14,15). The maximum atomic E-state index is 11.5. The van der Waals surface area contributed by atoms with Gasteiger partial charge in [-0.1, -0.05) is 0 Å². The van der Waals surface area contributed by atoms with Crippen LogP contribution in [0.25, 0.3) is 0 Å². The van der Waals surface area contributed by atoms with Gasteiger partial charge in [-0.25, -0.2) is 4.79 Å². The van der Waals surface area contributed by atoms with Crippen molar-refractivity contribution in [2.45, 2.75) is 6.10 Å². The maximum absolute atomic E-state index is 11.5. The predicted molar refractivity (Wildman–Crippen MR) is 54.0 cm³/mol. The molecule has 7 nitrogen and oxygen atoms in total. The minimum atomic E-state index is -1.12. The van der Waals surface area contributed by atoms with E-state index < -0.39 is 18.0 Å². The number of aryl methyl sites for hydroxylation is 1. The molecule has 1 atom stereocenters. The Morgan fingerprint density at radius 3 is 2.81 bits per heavy atom. The summed E-state index contributed by atoms with van der Waals surface area (Å²) in [5.74, 6) is -1.55. The summed E-state index contributed by atoms with van der Waals surface area (Å²) >= 11 is 0. The Labute approximate surface area is 92.0 Å². The second kappa shape index (κ2) is 5.26. The number of carboxylic acids is 1. The first-order valence-corrected chi connectivity index (χ1v) is 4.58. The number of hydrogen-bond acceptors (Lipinski definition) is 4. The van der Waals surface area contributed by atoms with Gasteiger partial charge in [0, 0.05) is 20.4 Å². The summed E-state index contributed by atoms with van der Waals surface area (Å²) in [5.41, 5.74) is 0.239. The van der Waals surface area contributed by atoms with E-state index >= 15 is 0 Å². The van der Waals surface area contributed by atoms with Gasteiger partial charge in [-0.3, -0.25) is 9.48 Å². The quantitative estimate of drug-likeness (QED) is 0.690. The molecule has 16 heavy (non-hydrogen) atoms. The number of nitrogens with one attached hydrogen (secondary N) is 1. The van der Waals surface area contributed by atoms with Gasteiger partial charge in [0.15, 0.2) is 6.10 Å². The third-order valence-corrected chi connectivity index (χ3v) is 1.95. The van der Waals surface area contributed by atoms with Crippen molar-refractivity contribution >= 4 is 11.9 Å². The van der Waals surface area contributed by atoms with Crippen LogP contribution in [0.3, 0.4) is 0 Å². The topological polar surface area (TPSA) is 93.5 Å². The van der Waals surface area contributed by atoms with E-state index in [2.05, 4.69) is 15.2 Å². The molecule has 1 aromatic rings. The number of hydrogen-bond donors (Lipinski definition) is 2. The molecule has 0 aliphatic rings. The largest absolute Gasteiger partial charge is 0.479 e. The average molecular weight is 227 g/mol. The highest BCUT2D eigenvalue weighted by Crippen LogP contribution is 1.94. The molecule has 0 aliphatic heterocycles. The molecule has 0 bridgehead atoms. The van der Waals surface area contributed by atoms with E-state index in [0.29, 0.717) is 0 Å². The van der Waals surface area contributed by atoms with Gasteiger partial charge in [0.05, 0.1) is 6.54 Å². The molecule has 0 spiro atoms. The molecule has 1 amide bonds. The lowest BCUT2D eigenvalue weighted by Gasteiger charge is -2.10. The van der Waals surface area contributed by atoms with Crippen LogP contribution >= 0.6 is 0 Å². The summed E-state index contributed by atoms with van der Waals surface area (Å²) in [4.78, 5) is 22.1. The molecule has 1 rings (SSSR count). The summed E-state index contributed by atoms with van der Waals surface area (Å²) < 4.78 is 6.15. The van der Waals surface area contributed by atoms with Crippen molar-refractivity contribution in [1.29, 1.82) is 0 Å².